The molecule has 0 bridgehead atoms. The van der Waals surface area contributed by atoms with Crippen LogP contribution in [-0.4, -0.2) is 28.4 Å². The van der Waals surface area contributed by atoms with Crippen molar-refractivity contribution in [2.75, 3.05) is 24.3 Å². The minimum absolute atomic E-state index is 0.366. The van der Waals surface area contributed by atoms with E-state index in [0.717, 1.165) is 5.56 Å². The Labute approximate surface area is 183 Å². The van der Waals surface area contributed by atoms with Crippen LogP contribution in [0.3, 0.4) is 0 Å². The van der Waals surface area contributed by atoms with E-state index in [2.05, 4.69) is 10.0 Å². The monoisotopic (exact) mass is 434 g/mol. The Hall–Kier alpha value is -3.65. The van der Waals surface area contributed by atoms with Gasteiger partial charge in [0.15, 0.2) is 22.6 Å². The number of aryl methyl sites for hydroxylation is 1. The fraction of sp³-hybridized carbons (Fsp3) is 0.130. The lowest BCUT2D eigenvalue weighted by Gasteiger charge is -2.16. The highest BCUT2D eigenvalue weighted by atomic mass is 32.2. The highest BCUT2D eigenvalue weighted by molar-refractivity contribution is 7.86. The molecule has 3 aromatic carbocycles. The zero-order valence-electron chi connectivity index (χ0n) is 17.4. The third kappa shape index (κ3) is 4.59. The number of benzene rings is 3. The summed E-state index contributed by atoms with van der Waals surface area (Å²) in [5.74, 6) is 2.06. The zero-order valence-corrected chi connectivity index (χ0v) is 18.2. The first-order valence-electron chi connectivity index (χ1n) is 9.58. The van der Waals surface area contributed by atoms with E-state index in [1.807, 2.05) is 49.4 Å². The molecule has 31 heavy (non-hydrogen) atoms. The number of nitrogens with zero attached hydrogens (tertiary/aromatic N) is 2. The van der Waals surface area contributed by atoms with Gasteiger partial charge in [0.05, 0.1) is 35.8 Å². The summed E-state index contributed by atoms with van der Waals surface area (Å²) in [7, 11) is 1.67. The predicted molar refractivity (Wildman–Crippen MR) is 124 cm³/mol. The Morgan fingerprint density at radius 1 is 0.839 bits per heavy atom. The maximum absolute atomic E-state index is 12.9. The van der Waals surface area contributed by atoms with Crippen LogP contribution in [0.4, 0.5) is 17.3 Å². The minimum Gasteiger partial charge on any atom is -0.497 e. The second kappa shape index (κ2) is 9.01. The van der Waals surface area contributed by atoms with Gasteiger partial charge in [-0.15, -0.1) is 0 Å². The van der Waals surface area contributed by atoms with Crippen molar-refractivity contribution in [3.8, 4) is 11.5 Å². The molecule has 1 unspecified atom stereocenters. The van der Waals surface area contributed by atoms with Gasteiger partial charge in [-0.2, -0.15) is 0 Å². The first-order valence-corrected chi connectivity index (χ1v) is 10.7. The molecule has 0 spiro atoms. The average molecular weight is 435 g/mol. The molecule has 1 aromatic heterocycles. The van der Waals surface area contributed by atoms with E-state index >= 15 is 0 Å². The van der Waals surface area contributed by atoms with Crippen LogP contribution >= 0.6 is 0 Å². The fourth-order valence-electron chi connectivity index (χ4n) is 3.05. The molecule has 0 aliphatic carbocycles. The normalized spacial score (nSPS) is 11.7. The molecule has 4 aromatic rings. The van der Waals surface area contributed by atoms with E-state index < -0.39 is 11.0 Å². The summed E-state index contributed by atoms with van der Waals surface area (Å²) in [5.41, 5.74) is 3.13. The molecule has 1 heterocycles. The van der Waals surface area contributed by atoms with E-state index in [1.165, 1.54) is 0 Å². The van der Waals surface area contributed by atoms with Crippen molar-refractivity contribution >= 4 is 39.3 Å². The second-order valence-corrected chi connectivity index (χ2v) is 8.00. The smallest absolute Gasteiger partial charge is 0.182 e. The molecule has 0 fully saturated rings. The molecular formula is C23H22N4O3S. The number of anilines is 3. The van der Waals surface area contributed by atoms with E-state index in [0.29, 0.717) is 44.8 Å². The summed E-state index contributed by atoms with van der Waals surface area (Å²) < 4.78 is 26.7. The Kier molecular flexibility index (Phi) is 5.99. The van der Waals surface area contributed by atoms with Gasteiger partial charge in [0.1, 0.15) is 11.5 Å². The van der Waals surface area contributed by atoms with E-state index in [4.69, 9.17) is 19.4 Å². The van der Waals surface area contributed by atoms with Crippen LogP contribution in [0.2, 0.25) is 0 Å². The molecule has 0 aliphatic heterocycles. The van der Waals surface area contributed by atoms with Gasteiger partial charge in [-0.05, 0) is 48.9 Å². The number of methoxy groups -OCH3 is 2. The van der Waals surface area contributed by atoms with Crippen LogP contribution < -0.4 is 19.5 Å². The number of nitrogens with one attached hydrogen (secondary N) is 2. The second-order valence-electron chi connectivity index (χ2n) is 6.79. The lowest BCUT2D eigenvalue weighted by molar-refractivity contribution is 0.405. The molecule has 0 aliphatic rings. The summed E-state index contributed by atoms with van der Waals surface area (Å²) in [6, 6.07) is 20.4. The molecule has 0 amide bonds. The summed E-state index contributed by atoms with van der Waals surface area (Å²) >= 11 is 0. The summed E-state index contributed by atoms with van der Waals surface area (Å²) in [6.07, 6.45) is 0. The first kappa shape index (κ1) is 20.6. The van der Waals surface area contributed by atoms with Crippen molar-refractivity contribution < 1.29 is 13.7 Å². The lowest BCUT2D eigenvalue weighted by atomic mass is 10.2. The Balaban J connectivity index is 1.78. The molecule has 0 saturated carbocycles. The van der Waals surface area contributed by atoms with Gasteiger partial charge in [-0.3, -0.25) is 4.72 Å². The Bertz CT molecular complexity index is 1250. The van der Waals surface area contributed by atoms with Crippen LogP contribution in [0.1, 0.15) is 5.56 Å². The highest BCUT2D eigenvalue weighted by Gasteiger charge is 2.15. The van der Waals surface area contributed by atoms with Crippen LogP contribution in [0.5, 0.6) is 11.5 Å². The van der Waals surface area contributed by atoms with Crippen LogP contribution in [0.15, 0.2) is 71.6 Å². The Morgan fingerprint density at radius 3 is 2.35 bits per heavy atom. The van der Waals surface area contributed by atoms with E-state index in [9.17, 15) is 4.21 Å². The number of hydrogen-bond acceptors (Lipinski definition) is 6. The van der Waals surface area contributed by atoms with Gasteiger partial charge >= 0.3 is 0 Å². The van der Waals surface area contributed by atoms with Gasteiger partial charge in [-0.1, -0.05) is 24.3 Å². The molecule has 0 radical (unpaired) electrons. The first-order chi connectivity index (χ1) is 15.1. The largest absolute Gasteiger partial charge is 0.497 e. The van der Waals surface area contributed by atoms with Crippen molar-refractivity contribution in [3.63, 3.8) is 0 Å². The summed E-state index contributed by atoms with van der Waals surface area (Å²) in [4.78, 5) is 10.1. The highest BCUT2D eigenvalue weighted by Crippen LogP contribution is 2.34. The van der Waals surface area contributed by atoms with Crippen molar-refractivity contribution in [2.45, 2.75) is 11.8 Å². The quantitative estimate of drug-likeness (QED) is 0.433. The average Bonchev–Trinajstić information content (AvgIpc) is 2.80. The molecule has 7 nitrogen and oxygen atoms in total. The number of fused-ring (bicyclic) bond motifs is 1. The molecule has 8 heteroatoms. The topological polar surface area (TPSA) is 85.4 Å². The van der Waals surface area contributed by atoms with Gasteiger partial charge in [0, 0.05) is 6.07 Å². The zero-order chi connectivity index (χ0) is 21.8. The molecule has 0 saturated heterocycles. The summed E-state index contributed by atoms with van der Waals surface area (Å²) in [6.45, 7) is 1.99. The van der Waals surface area contributed by atoms with E-state index in [1.54, 1.807) is 38.5 Å². The van der Waals surface area contributed by atoms with Gasteiger partial charge in [0.2, 0.25) is 0 Å². The number of ether oxygens (including phenoxy) is 2. The Morgan fingerprint density at radius 2 is 1.61 bits per heavy atom. The SMILES string of the molecule is COc1ccc(OC)c(Nc2nc3ccc(C)cc3nc2NS(=O)c2ccccc2)c1. The number of rotatable bonds is 7. The maximum Gasteiger partial charge on any atom is 0.182 e. The van der Waals surface area contributed by atoms with Crippen molar-refractivity contribution in [2.24, 2.45) is 0 Å². The molecule has 1 atom stereocenters. The van der Waals surface area contributed by atoms with E-state index in [-0.39, 0.29) is 0 Å². The van der Waals surface area contributed by atoms with Crippen molar-refractivity contribution in [1.82, 2.24) is 9.97 Å². The summed E-state index contributed by atoms with van der Waals surface area (Å²) in [5, 5.41) is 3.25. The minimum atomic E-state index is -1.51. The van der Waals surface area contributed by atoms with Gasteiger partial charge in [0.25, 0.3) is 0 Å². The number of aromatic nitrogens is 2. The van der Waals surface area contributed by atoms with Crippen LogP contribution in [-0.2, 0) is 11.0 Å². The van der Waals surface area contributed by atoms with Crippen molar-refractivity contribution in [1.29, 1.82) is 0 Å². The standard InChI is InChI=1S/C23H22N4O3S/c1-15-9-11-18-19(13-15)25-23(27-31(28)17-7-5-4-6-8-17)22(24-18)26-20-14-16(29-2)10-12-21(20)30-3/h4-14H,1-3H3,(H,24,26)(H,25,27). The van der Waals surface area contributed by atoms with Gasteiger partial charge in [-0.25, -0.2) is 14.2 Å². The van der Waals surface area contributed by atoms with Crippen LogP contribution in [0, 0.1) is 6.92 Å². The molecule has 4 rings (SSSR count). The lowest BCUT2D eigenvalue weighted by Crippen LogP contribution is -2.10. The third-order valence-corrected chi connectivity index (χ3v) is 5.71. The maximum atomic E-state index is 12.9. The van der Waals surface area contributed by atoms with Crippen molar-refractivity contribution in [3.05, 3.63) is 72.3 Å². The molecule has 2 N–H and O–H groups in total. The predicted octanol–water partition coefficient (Wildman–Crippen LogP) is 4.83. The third-order valence-electron chi connectivity index (χ3n) is 4.63. The molecular weight excluding hydrogens is 412 g/mol. The molecule has 158 valence electrons. The van der Waals surface area contributed by atoms with Crippen LogP contribution in [0.25, 0.3) is 11.0 Å². The number of hydrogen-bond donors (Lipinski definition) is 2. The fourth-order valence-corrected chi connectivity index (χ4v) is 3.89. The van der Waals surface area contributed by atoms with Gasteiger partial charge < -0.3 is 14.8 Å².